The Labute approximate surface area is 344 Å². The highest BCUT2D eigenvalue weighted by Gasteiger charge is 2.30. The Balaban J connectivity index is 1.46. The quantitative estimate of drug-likeness (QED) is 0.176. The van der Waals surface area contributed by atoms with Crippen molar-refractivity contribution in [3.8, 4) is 56.3 Å². The smallest absolute Gasteiger partial charge is 0.149 e. The normalized spacial score (nSPS) is 12.3. The van der Waals surface area contributed by atoms with Gasteiger partial charge in [-0.2, -0.15) is 0 Å². The van der Waals surface area contributed by atoms with E-state index in [-0.39, 0.29) is 28.4 Å². The summed E-state index contributed by atoms with van der Waals surface area (Å²) in [6, 6.07) is 45.5. The highest BCUT2D eigenvalue weighted by Crippen LogP contribution is 2.46. The lowest BCUT2D eigenvalue weighted by Crippen LogP contribution is -2.17. The van der Waals surface area contributed by atoms with E-state index in [1.165, 1.54) is 22.3 Å². The highest BCUT2D eigenvalue weighted by molar-refractivity contribution is 5.97. The molecule has 0 saturated heterocycles. The maximum atomic E-state index is 12.5. The molecule has 8 rings (SSSR count). The second kappa shape index (κ2) is 14.7. The minimum absolute atomic E-state index is 0.161. The Kier molecular flexibility index (Phi) is 9.88. The minimum atomic E-state index is -0.303. The van der Waals surface area contributed by atoms with Gasteiger partial charge in [0.05, 0.1) is 28.0 Å². The molecule has 4 heteroatoms. The summed E-state index contributed by atoms with van der Waals surface area (Å²) >= 11 is 0. The lowest BCUT2D eigenvalue weighted by atomic mass is 9.78. The molecule has 0 bridgehead atoms. The number of aromatic hydroxyl groups is 1. The summed E-state index contributed by atoms with van der Waals surface area (Å²) in [5.41, 5.74) is 14.3. The van der Waals surface area contributed by atoms with Crippen LogP contribution in [0, 0.1) is 0 Å². The molecule has 0 aliphatic heterocycles. The molecule has 0 fully saturated rings. The Morgan fingerprint density at radius 3 is 1.83 bits per heavy atom. The van der Waals surface area contributed by atoms with Crippen LogP contribution in [-0.4, -0.2) is 19.6 Å². The fraction of sp³-hybridized carbons (Fsp3) is 0.259. The second-order valence-electron chi connectivity index (χ2n) is 18.5. The topological polar surface area (TPSA) is 50.9 Å². The Morgan fingerprint density at radius 1 is 0.552 bits per heavy atom. The third-order valence-corrected chi connectivity index (χ3v) is 11.6. The Morgan fingerprint density at radius 2 is 1.17 bits per heavy atom. The van der Waals surface area contributed by atoms with Gasteiger partial charge in [0.25, 0.3) is 0 Å². The van der Waals surface area contributed by atoms with Crippen molar-refractivity contribution in [2.75, 3.05) is 0 Å². The lowest BCUT2D eigenvalue weighted by molar-refractivity contribution is 0.446. The van der Waals surface area contributed by atoms with Gasteiger partial charge in [0.2, 0.25) is 0 Å². The van der Waals surface area contributed by atoms with Crippen molar-refractivity contribution in [2.24, 2.45) is 0 Å². The van der Waals surface area contributed by atoms with Gasteiger partial charge in [0, 0.05) is 28.3 Å². The van der Waals surface area contributed by atoms with Crippen LogP contribution in [0.5, 0.6) is 5.75 Å². The lowest BCUT2D eigenvalue weighted by Gasteiger charge is -2.28. The van der Waals surface area contributed by atoms with Crippen LogP contribution in [0.25, 0.3) is 72.4 Å². The van der Waals surface area contributed by atoms with Crippen molar-refractivity contribution >= 4 is 21.8 Å². The number of phenolic OH excluding ortho intramolecular Hbond substituents is 1. The summed E-state index contributed by atoms with van der Waals surface area (Å²) in [6.07, 6.45) is 1.96. The van der Waals surface area contributed by atoms with Crippen molar-refractivity contribution in [2.45, 2.75) is 91.9 Å². The van der Waals surface area contributed by atoms with E-state index in [2.05, 4.69) is 195 Å². The van der Waals surface area contributed by atoms with Crippen LogP contribution >= 0.6 is 0 Å². The van der Waals surface area contributed by atoms with Crippen molar-refractivity contribution in [1.82, 2.24) is 14.5 Å². The first kappa shape index (κ1) is 38.9. The summed E-state index contributed by atoms with van der Waals surface area (Å²) in [4.78, 5) is 10.5. The number of hydrogen-bond donors (Lipinski definition) is 1. The van der Waals surface area contributed by atoms with E-state index in [1.54, 1.807) is 0 Å². The molecule has 6 aromatic carbocycles. The van der Waals surface area contributed by atoms with Crippen LogP contribution in [0.2, 0.25) is 0 Å². The molecular formula is C54H55N3O. The molecule has 0 amide bonds. The number of imidazole rings is 1. The average molecular weight is 762 g/mol. The molecule has 2 heterocycles. The van der Waals surface area contributed by atoms with E-state index in [0.717, 1.165) is 72.4 Å². The van der Waals surface area contributed by atoms with Gasteiger partial charge in [0.1, 0.15) is 11.6 Å². The Bertz CT molecular complexity index is 2780. The number of fused-ring (bicyclic) bond motifs is 2. The van der Waals surface area contributed by atoms with E-state index >= 15 is 0 Å². The number of nitrogens with zero attached hydrogens (tertiary/aromatic N) is 3. The maximum Gasteiger partial charge on any atom is 0.149 e. The third-order valence-electron chi connectivity index (χ3n) is 11.6. The molecule has 0 spiro atoms. The van der Waals surface area contributed by atoms with Gasteiger partial charge in [-0.25, -0.2) is 4.98 Å². The van der Waals surface area contributed by atoms with Crippen LogP contribution in [0.15, 0.2) is 134 Å². The van der Waals surface area contributed by atoms with Gasteiger partial charge in [-0.05, 0) is 97.8 Å². The van der Waals surface area contributed by atoms with E-state index in [4.69, 9.17) is 9.97 Å². The SMILES string of the molecule is CC(C)c1cc(-c2ccccc2)cc(C(C)C)c1-n1c(-c2cc(C(C)(C)C)cc(C(C)(C)C)c2O)nc2c(-c3cccc(-c4cc5ccccc5cn4)c3)cccc21. The molecule has 292 valence electrons. The van der Waals surface area contributed by atoms with E-state index in [1.807, 2.05) is 12.3 Å². The number of benzene rings is 6. The summed E-state index contributed by atoms with van der Waals surface area (Å²) < 4.78 is 2.36. The number of rotatable bonds is 7. The number of para-hydroxylation sites is 1. The van der Waals surface area contributed by atoms with Crippen LogP contribution in [0.4, 0.5) is 0 Å². The molecule has 0 atom stereocenters. The Hall–Kier alpha value is -6.00. The molecule has 0 radical (unpaired) electrons. The van der Waals surface area contributed by atoms with Crippen LogP contribution < -0.4 is 0 Å². The van der Waals surface area contributed by atoms with Crippen molar-refractivity contribution < 1.29 is 5.11 Å². The first-order valence-corrected chi connectivity index (χ1v) is 20.7. The monoisotopic (exact) mass is 761 g/mol. The predicted molar refractivity (Wildman–Crippen MR) is 245 cm³/mol. The first-order valence-electron chi connectivity index (χ1n) is 20.7. The molecule has 58 heavy (non-hydrogen) atoms. The molecular weight excluding hydrogens is 707 g/mol. The summed E-state index contributed by atoms with van der Waals surface area (Å²) in [5.74, 6) is 1.42. The third kappa shape index (κ3) is 7.10. The standard InChI is InChI=1S/C54H55N3O/c1-33(2)43-27-40(35-18-12-11-13-19-35)28-44(34(3)4)50(43)57-48-25-17-24-42(37-22-16-23-38(26-37)47-29-36-20-14-15-21-39(36)32-55-47)49(48)56-52(57)45-30-41(53(5,6)7)31-46(51(45)58)54(8,9)10/h11-34,58H,1-10H3. The van der Waals surface area contributed by atoms with Crippen molar-refractivity contribution in [1.29, 1.82) is 0 Å². The zero-order chi connectivity index (χ0) is 41.1. The number of hydrogen-bond acceptors (Lipinski definition) is 3. The zero-order valence-corrected chi connectivity index (χ0v) is 35.6. The van der Waals surface area contributed by atoms with Gasteiger partial charge < -0.3 is 5.11 Å². The highest BCUT2D eigenvalue weighted by atomic mass is 16.3. The van der Waals surface area contributed by atoms with E-state index in [9.17, 15) is 5.11 Å². The molecule has 0 saturated carbocycles. The van der Waals surface area contributed by atoms with Gasteiger partial charge >= 0.3 is 0 Å². The molecule has 4 nitrogen and oxygen atoms in total. The maximum absolute atomic E-state index is 12.5. The molecule has 0 unspecified atom stereocenters. The summed E-state index contributed by atoms with van der Waals surface area (Å²) in [5, 5.41) is 14.8. The molecule has 2 aromatic heterocycles. The summed E-state index contributed by atoms with van der Waals surface area (Å²) in [6.45, 7) is 22.4. The van der Waals surface area contributed by atoms with Gasteiger partial charge in [-0.3, -0.25) is 9.55 Å². The van der Waals surface area contributed by atoms with Crippen molar-refractivity contribution in [3.05, 3.63) is 156 Å². The van der Waals surface area contributed by atoms with E-state index < -0.39 is 0 Å². The van der Waals surface area contributed by atoms with E-state index in [0.29, 0.717) is 0 Å². The number of aromatic nitrogens is 3. The average Bonchev–Trinajstić information content (AvgIpc) is 3.59. The largest absolute Gasteiger partial charge is 0.507 e. The van der Waals surface area contributed by atoms with Crippen LogP contribution in [-0.2, 0) is 10.8 Å². The molecule has 8 aromatic rings. The zero-order valence-electron chi connectivity index (χ0n) is 35.6. The minimum Gasteiger partial charge on any atom is -0.507 e. The number of phenols is 1. The van der Waals surface area contributed by atoms with Gasteiger partial charge in [-0.15, -0.1) is 0 Å². The second-order valence-corrected chi connectivity index (χ2v) is 18.5. The first-order chi connectivity index (χ1) is 27.6. The predicted octanol–water partition coefficient (Wildman–Crippen LogP) is 14.8. The molecule has 0 aliphatic rings. The molecule has 0 aliphatic carbocycles. The van der Waals surface area contributed by atoms with Crippen LogP contribution in [0.3, 0.4) is 0 Å². The molecule has 1 N–H and O–H groups in total. The van der Waals surface area contributed by atoms with Gasteiger partial charge in [0.15, 0.2) is 0 Å². The number of pyridine rings is 1. The fourth-order valence-corrected chi connectivity index (χ4v) is 8.25. The summed E-state index contributed by atoms with van der Waals surface area (Å²) in [7, 11) is 0. The van der Waals surface area contributed by atoms with Gasteiger partial charge in [-0.1, -0.05) is 160 Å². The van der Waals surface area contributed by atoms with Crippen molar-refractivity contribution in [3.63, 3.8) is 0 Å². The fourth-order valence-electron chi connectivity index (χ4n) is 8.25. The van der Waals surface area contributed by atoms with Crippen LogP contribution in [0.1, 0.15) is 103 Å².